The van der Waals surface area contributed by atoms with Gasteiger partial charge in [0.05, 0.1) is 30.6 Å². The average molecular weight is 389 g/mol. The summed E-state index contributed by atoms with van der Waals surface area (Å²) in [6, 6.07) is 7.38. The molecule has 4 nitrogen and oxygen atoms in total. The summed E-state index contributed by atoms with van der Waals surface area (Å²) in [5.41, 5.74) is 1.09. The highest BCUT2D eigenvalue weighted by atomic mass is 35.5. The minimum Gasteiger partial charge on any atom is -1.00 e. The Kier molecular flexibility index (Phi) is 10.0. The van der Waals surface area contributed by atoms with Crippen molar-refractivity contribution in [2.45, 2.75) is 69.7 Å². The zero-order valence-corrected chi connectivity index (χ0v) is 17.2. The van der Waals surface area contributed by atoms with Gasteiger partial charge in [0.1, 0.15) is 0 Å². The number of nitrogens with two attached hydrogens (primary N) is 1. The molecule has 2 rings (SSSR count). The predicted molar refractivity (Wildman–Crippen MR) is 98.5 cm³/mol. The molecule has 0 radical (unpaired) electrons. The van der Waals surface area contributed by atoms with E-state index in [0.29, 0.717) is 11.4 Å². The van der Waals surface area contributed by atoms with Crippen molar-refractivity contribution in [3.8, 4) is 0 Å². The highest BCUT2D eigenvalue weighted by molar-refractivity contribution is 7.89. The molecule has 1 aliphatic rings. The number of quaternary nitrogens is 1. The summed E-state index contributed by atoms with van der Waals surface area (Å²) in [6.07, 6.45) is 8.48. The number of unbranched alkanes of at least 4 members (excludes halogenated alkanes) is 5. The number of aryl methyl sites for hydroxylation is 1. The molecule has 1 aromatic rings. The first-order chi connectivity index (χ1) is 11.6. The van der Waals surface area contributed by atoms with Crippen LogP contribution in [0.3, 0.4) is 0 Å². The van der Waals surface area contributed by atoms with Gasteiger partial charge in [-0.1, -0.05) is 63.1 Å². The molecular weight excluding hydrogens is 356 g/mol. The molecule has 1 aliphatic heterocycles. The molecule has 2 N–H and O–H groups in total. The monoisotopic (exact) mass is 388 g/mol. The topological polar surface area (TPSA) is 54.0 Å². The van der Waals surface area contributed by atoms with Crippen LogP contribution in [-0.4, -0.2) is 38.4 Å². The third-order valence-corrected chi connectivity index (χ3v) is 6.88. The lowest BCUT2D eigenvalue weighted by molar-refractivity contribution is -0.667. The lowest BCUT2D eigenvalue weighted by Gasteiger charge is -2.33. The maximum atomic E-state index is 13.0. The second kappa shape index (κ2) is 11.2. The minimum atomic E-state index is -3.37. The van der Waals surface area contributed by atoms with Crippen molar-refractivity contribution in [2.75, 3.05) is 19.6 Å². The van der Waals surface area contributed by atoms with Gasteiger partial charge in [0.2, 0.25) is 10.0 Å². The van der Waals surface area contributed by atoms with Crippen LogP contribution in [0.4, 0.5) is 0 Å². The van der Waals surface area contributed by atoms with Crippen LogP contribution in [0.25, 0.3) is 0 Å². The van der Waals surface area contributed by atoms with Gasteiger partial charge in [0, 0.05) is 0 Å². The second-order valence-corrected chi connectivity index (χ2v) is 8.84. The largest absolute Gasteiger partial charge is 1.00 e. The van der Waals surface area contributed by atoms with Gasteiger partial charge in [-0.3, -0.25) is 0 Å². The molecule has 0 bridgehead atoms. The van der Waals surface area contributed by atoms with Gasteiger partial charge in [-0.2, -0.15) is 4.31 Å². The normalized spacial score (nSPS) is 18.7. The van der Waals surface area contributed by atoms with Crippen LogP contribution in [0.15, 0.2) is 29.2 Å². The van der Waals surface area contributed by atoms with Crippen LogP contribution in [0.2, 0.25) is 0 Å². The number of nitrogens with zero attached hydrogens (tertiary/aromatic N) is 1. The van der Waals surface area contributed by atoms with Gasteiger partial charge >= 0.3 is 0 Å². The Morgan fingerprint density at radius 3 is 2.40 bits per heavy atom. The van der Waals surface area contributed by atoms with Gasteiger partial charge in [0.25, 0.3) is 0 Å². The summed E-state index contributed by atoms with van der Waals surface area (Å²) < 4.78 is 27.7. The lowest BCUT2D eigenvalue weighted by Crippen LogP contribution is -3.00. The summed E-state index contributed by atoms with van der Waals surface area (Å²) in [7, 11) is -3.37. The maximum Gasteiger partial charge on any atom is 0.243 e. The van der Waals surface area contributed by atoms with Gasteiger partial charge in [-0.05, 0) is 25.5 Å². The maximum absolute atomic E-state index is 13.0. The van der Waals surface area contributed by atoms with Crippen LogP contribution in [0.1, 0.15) is 57.4 Å². The molecule has 25 heavy (non-hydrogen) atoms. The number of piperazine rings is 1. The molecular formula is C19H33ClN2O2S. The second-order valence-electron chi connectivity index (χ2n) is 6.95. The first-order valence-corrected chi connectivity index (χ1v) is 10.9. The molecule has 1 heterocycles. The molecule has 1 saturated heterocycles. The fourth-order valence-corrected chi connectivity index (χ4v) is 5.09. The minimum absolute atomic E-state index is 0. The zero-order chi connectivity index (χ0) is 17.4. The third-order valence-electron chi connectivity index (χ3n) is 4.92. The number of halogens is 1. The Bertz CT molecular complexity index is 590. The van der Waals surface area contributed by atoms with Gasteiger partial charge in [-0.15, -0.1) is 0 Å². The molecule has 0 saturated carbocycles. The molecule has 0 aromatic heterocycles. The molecule has 6 heteroatoms. The van der Waals surface area contributed by atoms with Crippen molar-refractivity contribution in [3.05, 3.63) is 29.8 Å². The summed E-state index contributed by atoms with van der Waals surface area (Å²) in [5.74, 6) is 0. The Hall–Kier alpha value is -0.620. The fraction of sp³-hybridized carbons (Fsp3) is 0.684. The van der Waals surface area contributed by atoms with Crippen LogP contribution in [0, 0.1) is 6.92 Å². The molecule has 0 amide bonds. The van der Waals surface area contributed by atoms with Crippen molar-refractivity contribution >= 4 is 10.0 Å². The average Bonchev–Trinajstić information content (AvgIpc) is 2.58. The van der Waals surface area contributed by atoms with E-state index in [1.54, 1.807) is 16.4 Å². The van der Waals surface area contributed by atoms with Gasteiger partial charge < -0.3 is 17.7 Å². The zero-order valence-electron chi connectivity index (χ0n) is 15.6. The Balaban J connectivity index is 0.00000312. The van der Waals surface area contributed by atoms with E-state index in [0.717, 1.165) is 31.5 Å². The van der Waals surface area contributed by atoms with Gasteiger partial charge in [-0.25, -0.2) is 8.42 Å². The molecule has 1 fully saturated rings. The number of sulfonamides is 1. The van der Waals surface area contributed by atoms with E-state index in [1.807, 2.05) is 19.1 Å². The van der Waals surface area contributed by atoms with Crippen molar-refractivity contribution in [3.63, 3.8) is 0 Å². The van der Waals surface area contributed by atoms with E-state index >= 15 is 0 Å². The first-order valence-electron chi connectivity index (χ1n) is 9.46. The smallest absolute Gasteiger partial charge is 0.243 e. The molecule has 1 aromatic carbocycles. The fourth-order valence-electron chi connectivity index (χ4n) is 3.41. The molecule has 0 aliphatic carbocycles. The van der Waals surface area contributed by atoms with E-state index in [1.165, 1.54) is 32.1 Å². The van der Waals surface area contributed by atoms with Crippen LogP contribution in [0.5, 0.6) is 0 Å². The standard InChI is InChI=1S/C19H32N2O2S.ClH/c1-3-4-5-6-7-8-9-18-16-20-14-15-21(18)24(22,23)19-12-10-17(2)11-13-19;/h10-13,18,20H,3-9,14-16H2,1-2H3;1H. The number of hydrogen-bond donors (Lipinski definition) is 1. The van der Waals surface area contributed by atoms with Crippen LogP contribution >= 0.6 is 0 Å². The van der Waals surface area contributed by atoms with Crippen LogP contribution < -0.4 is 17.7 Å². The predicted octanol–water partition coefficient (Wildman–Crippen LogP) is -0.314. The first kappa shape index (κ1) is 22.4. The van der Waals surface area contributed by atoms with Crippen LogP contribution in [-0.2, 0) is 10.0 Å². The lowest BCUT2D eigenvalue weighted by atomic mass is 10.0. The summed E-state index contributed by atoms with van der Waals surface area (Å²) >= 11 is 0. The quantitative estimate of drug-likeness (QED) is 0.590. The highest BCUT2D eigenvalue weighted by Gasteiger charge is 2.34. The van der Waals surface area contributed by atoms with E-state index in [9.17, 15) is 8.42 Å². The van der Waals surface area contributed by atoms with Crippen molar-refractivity contribution in [1.29, 1.82) is 0 Å². The molecule has 144 valence electrons. The Labute approximate surface area is 159 Å². The third kappa shape index (κ3) is 6.55. The van der Waals surface area contributed by atoms with Crippen molar-refractivity contribution in [1.82, 2.24) is 4.31 Å². The SMILES string of the molecule is CCCCCCCCC1C[NH2+]CCN1S(=O)(=O)c1ccc(C)cc1.[Cl-]. The number of rotatable bonds is 9. The summed E-state index contributed by atoms with van der Waals surface area (Å²) in [5, 5.41) is 2.25. The highest BCUT2D eigenvalue weighted by Crippen LogP contribution is 2.22. The van der Waals surface area contributed by atoms with E-state index < -0.39 is 10.0 Å². The summed E-state index contributed by atoms with van der Waals surface area (Å²) in [6.45, 7) is 6.58. The van der Waals surface area contributed by atoms with Gasteiger partial charge in [0.15, 0.2) is 0 Å². The summed E-state index contributed by atoms with van der Waals surface area (Å²) in [4.78, 5) is 0.433. The van der Waals surface area contributed by atoms with E-state index in [2.05, 4.69) is 12.2 Å². The Morgan fingerprint density at radius 1 is 1.08 bits per heavy atom. The molecule has 1 unspecified atom stereocenters. The molecule has 0 spiro atoms. The van der Waals surface area contributed by atoms with E-state index in [4.69, 9.17) is 0 Å². The van der Waals surface area contributed by atoms with E-state index in [-0.39, 0.29) is 18.4 Å². The van der Waals surface area contributed by atoms with Crippen molar-refractivity contribution < 1.29 is 26.1 Å². The Morgan fingerprint density at radius 2 is 1.72 bits per heavy atom. The number of benzene rings is 1. The molecule has 1 atom stereocenters. The number of hydrogen-bond acceptors (Lipinski definition) is 2. The van der Waals surface area contributed by atoms with Crippen molar-refractivity contribution in [2.24, 2.45) is 0 Å².